The zero-order chi connectivity index (χ0) is 18.5. The van der Waals surface area contributed by atoms with Gasteiger partial charge in [0.05, 0.1) is 21.9 Å². The molecule has 0 saturated heterocycles. The number of aromatic nitrogens is 3. The molecule has 1 aromatic heterocycles. The zero-order valence-corrected chi connectivity index (χ0v) is 16.0. The predicted molar refractivity (Wildman–Crippen MR) is 107 cm³/mol. The maximum Gasteiger partial charge on any atom is 0.247 e. The van der Waals surface area contributed by atoms with Gasteiger partial charge in [0.15, 0.2) is 5.82 Å². The van der Waals surface area contributed by atoms with Gasteiger partial charge in [-0.15, -0.1) is 5.10 Å². The van der Waals surface area contributed by atoms with Crippen molar-refractivity contribution in [3.05, 3.63) is 70.3 Å². The Morgan fingerprint density at radius 3 is 2.54 bits per heavy atom. The molecule has 5 nitrogen and oxygen atoms in total. The van der Waals surface area contributed by atoms with Crippen molar-refractivity contribution in [3.63, 3.8) is 0 Å². The molecule has 0 aliphatic carbocycles. The molecule has 0 spiro atoms. The van der Waals surface area contributed by atoms with Gasteiger partial charge in [-0.25, -0.2) is 0 Å². The first-order valence-corrected chi connectivity index (χ1v) is 9.01. The highest BCUT2D eigenvalue weighted by Gasteiger charge is 2.16. The second-order valence-corrected chi connectivity index (χ2v) is 6.86. The Morgan fingerprint density at radius 1 is 1.04 bits per heavy atom. The third kappa shape index (κ3) is 4.42. The summed E-state index contributed by atoms with van der Waals surface area (Å²) in [7, 11) is 0. The van der Waals surface area contributed by atoms with Crippen LogP contribution in [0.2, 0.25) is 10.0 Å². The normalized spacial score (nSPS) is 10.8. The molecule has 26 heavy (non-hydrogen) atoms. The van der Waals surface area contributed by atoms with Crippen LogP contribution < -0.4 is 10.2 Å². The summed E-state index contributed by atoms with van der Waals surface area (Å²) in [6.07, 6.45) is 1.56. The molecule has 7 heteroatoms. The largest absolute Gasteiger partial charge is 0.338 e. The van der Waals surface area contributed by atoms with E-state index in [9.17, 15) is 0 Å². The first-order chi connectivity index (χ1) is 12.5. The second-order valence-electron chi connectivity index (χ2n) is 6.08. The van der Waals surface area contributed by atoms with Crippen molar-refractivity contribution >= 4 is 40.7 Å². The van der Waals surface area contributed by atoms with Crippen molar-refractivity contribution in [2.45, 2.75) is 26.4 Å². The molecule has 0 bridgehead atoms. The van der Waals surface area contributed by atoms with Crippen molar-refractivity contribution in [3.8, 4) is 0 Å². The number of benzene rings is 2. The van der Waals surface area contributed by atoms with E-state index < -0.39 is 0 Å². The summed E-state index contributed by atoms with van der Waals surface area (Å²) in [5.41, 5.74) is 1.85. The first kappa shape index (κ1) is 18.4. The molecule has 3 rings (SSSR count). The van der Waals surface area contributed by atoms with E-state index in [2.05, 4.69) is 51.4 Å². The van der Waals surface area contributed by atoms with Crippen LogP contribution >= 0.6 is 23.2 Å². The fourth-order valence-corrected chi connectivity index (χ4v) is 2.83. The van der Waals surface area contributed by atoms with Gasteiger partial charge in [0.25, 0.3) is 0 Å². The van der Waals surface area contributed by atoms with Gasteiger partial charge in [-0.05, 0) is 31.5 Å². The number of hydrogen-bond donors (Lipinski definition) is 1. The molecular weight excluding hydrogens is 369 g/mol. The first-order valence-electron chi connectivity index (χ1n) is 8.26. The molecular formula is C19H19Cl2N5. The molecule has 3 aromatic rings. The number of hydrogen-bond acceptors (Lipinski definition) is 5. The number of rotatable bonds is 6. The lowest BCUT2D eigenvalue weighted by atomic mass is 10.2. The highest BCUT2D eigenvalue weighted by Crippen LogP contribution is 2.31. The van der Waals surface area contributed by atoms with Crippen LogP contribution in [0.4, 0.5) is 17.5 Å². The highest BCUT2D eigenvalue weighted by atomic mass is 35.5. The van der Waals surface area contributed by atoms with Gasteiger partial charge in [-0.3, -0.25) is 0 Å². The van der Waals surface area contributed by atoms with E-state index in [0.29, 0.717) is 34.0 Å². The van der Waals surface area contributed by atoms with Crippen LogP contribution in [0.3, 0.4) is 0 Å². The van der Waals surface area contributed by atoms with Crippen molar-refractivity contribution in [2.75, 3.05) is 10.2 Å². The minimum Gasteiger partial charge on any atom is -0.338 e. The lowest BCUT2D eigenvalue weighted by Gasteiger charge is -2.26. The van der Waals surface area contributed by atoms with Crippen LogP contribution in [0, 0.1) is 0 Å². The van der Waals surface area contributed by atoms with Crippen LogP contribution in [0.5, 0.6) is 0 Å². The standard InChI is InChI=1S/C19H19Cl2N5/c1-13(2)26(12-14-7-4-3-5-8-14)19-24-17(11-22-25-19)23-16-10-6-9-15(20)18(16)21/h3-11,13H,12H2,1-2H3,(H,23,24,25). The van der Waals surface area contributed by atoms with E-state index in [1.54, 1.807) is 12.3 Å². The average molecular weight is 388 g/mol. The maximum absolute atomic E-state index is 6.23. The summed E-state index contributed by atoms with van der Waals surface area (Å²) >= 11 is 12.3. The lowest BCUT2D eigenvalue weighted by Crippen LogP contribution is -2.32. The van der Waals surface area contributed by atoms with Gasteiger partial charge in [0, 0.05) is 12.6 Å². The van der Waals surface area contributed by atoms with Crippen LogP contribution in [0.25, 0.3) is 0 Å². The molecule has 0 aliphatic rings. The van der Waals surface area contributed by atoms with E-state index >= 15 is 0 Å². The Morgan fingerprint density at radius 2 is 1.81 bits per heavy atom. The topological polar surface area (TPSA) is 53.9 Å². The fourth-order valence-electron chi connectivity index (χ4n) is 2.48. The Balaban J connectivity index is 1.85. The summed E-state index contributed by atoms with van der Waals surface area (Å²) < 4.78 is 0. The lowest BCUT2D eigenvalue weighted by molar-refractivity contribution is 0.653. The van der Waals surface area contributed by atoms with Crippen molar-refractivity contribution in [2.24, 2.45) is 0 Å². The summed E-state index contributed by atoms with van der Waals surface area (Å²) in [5, 5.41) is 12.4. The Hall–Kier alpha value is -2.37. The molecule has 2 aromatic carbocycles. The second kappa shape index (κ2) is 8.34. The number of nitrogens with zero attached hydrogens (tertiary/aromatic N) is 4. The van der Waals surface area contributed by atoms with Gasteiger partial charge in [-0.1, -0.05) is 59.6 Å². The predicted octanol–water partition coefficient (Wildman–Crippen LogP) is 5.34. The third-order valence-electron chi connectivity index (χ3n) is 3.84. The smallest absolute Gasteiger partial charge is 0.247 e. The fraction of sp³-hybridized carbons (Fsp3) is 0.211. The van der Waals surface area contributed by atoms with Crippen LogP contribution in [-0.4, -0.2) is 21.2 Å². The molecule has 0 fully saturated rings. The summed E-state index contributed by atoms with van der Waals surface area (Å²) in [4.78, 5) is 6.69. The molecule has 0 aliphatic heterocycles. The minimum atomic E-state index is 0.210. The molecule has 134 valence electrons. The summed E-state index contributed by atoms with van der Waals surface area (Å²) in [5.74, 6) is 1.10. The highest BCUT2D eigenvalue weighted by molar-refractivity contribution is 6.43. The quantitative estimate of drug-likeness (QED) is 0.618. The number of nitrogens with one attached hydrogen (secondary N) is 1. The van der Waals surface area contributed by atoms with E-state index in [1.807, 2.05) is 30.3 Å². The maximum atomic E-state index is 6.23. The average Bonchev–Trinajstić information content (AvgIpc) is 2.64. The van der Waals surface area contributed by atoms with Crippen molar-refractivity contribution in [1.82, 2.24) is 15.2 Å². The van der Waals surface area contributed by atoms with Crippen LogP contribution in [-0.2, 0) is 6.54 Å². The molecule has 0 unspecified atom stereocenters. The van der Waals surface area contributed by atoms with Gasteiger partial charge < -0.3 is 10.2 Å². The molecule has 0 amide bonds. The van der Waals surface area contributed by atoms with Crippen LogP contribution in [0.15, 0.2) is 54.7 Å². The zero-order valence-electron chi connectivity index (χ0n) is 14.5. The molecule has 1 heterocycles. The minimum absolute atomic E-state index is 0.210. The van der Waals surface area contributed by atoms with Gasteiger partial charge in [0.1, 0.15) is 0 Å². The third-order valence-corrected chi connectivity index (χ3v) is 4.66. The van der Waals surface area contributed by atoms with Gasteiger partial charge in [-0.2, -0.15) is 10.1 Å². The molecule has 0 atom stereocenters. The Labute approximate surface area is 163 Å². The van der Waals surface area contributed by atoms with E-state index in [-0.39, 0.29) is 6.04 Å². The Bertz CT molecular complexity index is 871. The molecule has 0 saturated carbocycles. The monoisotopic (exact) mass is 387 g/mol. The summed E-state index contributed by atoms with van der Waals surface area (Å²) in [6, 6.07) is 15.8. The van der Waals surface area contributed by atoms with Crippen molar-refractivity contribution in [1.29, 1.82) is 0 Å². The molecule has 1 N–H and O–H groups in total. The Kier molecular flexibility index (Phi) is 5.91. The SMILES string of the molecule is CC(C)N(Cc1ccccc1)c1nncc(Nc2cccc(Cl)c2Cl)n1. The van der Waals surface area contributed by atoms with E-state index in [4.69, 9.17) is 23.2 Å². The van der Waals surface area contributed by atoms with E-state index in [0.717, 1.165) is 0 Å². The van der Waals surface area contributed by atoms with E-state index in [1.165, 1.54) is 5.56 Å². The van der Waals surface area contributed by atoms with Crippen molar-refractivity contribution < 1.29 is 0 Å². The van der Waals surface area contributed by atoms with Gasteiger partial charge >= 0.3 is 0 Å². The number of halogens is 2. The number of anilines is 3. The summed E-state index contributed by atoms with van der Waals surface area (Å²) in [6.45, 7) is 4.89. The molecule has 0 radical (unpaired) electrons. The van der Waals surface area contributed by atoms with Gasteiger partial charge in [0.2, 0.25) is 5.95 Å². The van der Waals surface area contributed by atoms with Crippen LogP contribution in [0.1, 0.15) is 19.4 Å².